The molecular weight excluding hydrogens is 431 g/mol. The molecule has 2 saturated carbocycles. The Morgan fingerprint density at radius 2 is 1.97 bits per heavy atom. The van der Waals surface area contributed by atoms with Gasteiger partial charge in [0, 0.05) is 43.5 Å². The largest absolute Gasteiger partial charge is 0.347 e. The molecule has 174 valence electrons. The molecule has 1 N–H and O–H groups in total. The Labute approximate surface area is 197 Å². The summed E-state index contributed by atoms with van der Waals surface area (Å²) in [5.41, 5.74) is 4.30. The zero-order valence-electron chi connectivity index (χ0n) is 19.2. The first-order valence-electron chi connectivity index (χ1n) is 12.0. The number of aromatic nitrogens is 5. The first-order chi connectivity index (χ1) is 16.6. The standard InChI is InChI=1S/C26H27FN6O/c1-32-15-19(14-30-32)18-10-16(11-20(27)12-18)13-29-26(34)23-24-22(8-9-28-23)31-25(17-4-2-3-5-17)33(24)21-6-7-21/h8-12,14-15,17,21H,2-7,13H2,1H3,(H,29,34). The maximum atomic E-state index is 14.3. The molecule has 1 aromatic carbocycles. The minimum absolute atomic E-state index is 0.203. The highest BCUT2D eigenvalue weighted by atomic mass is 19.1. The van der Waals surface area contributed by atoms with Crippen LogP contribution in [0.2, 0.25) is 0 Å². The van der Waals surface area contributed by atoms with Crippen molar-refractivity contribution in [1.82, 2.24) is 29.6 Å². The highest BCUT2D eigenvalue weighted by molar-refractivity contribution is 6.03. The summed E-state index contributed by atoms with van der Waals surface area (Å²) in [6.45, 7) is 0.203. The lowest BCUT2D eigenvalue weighted by atomic mass is 10.1. The van der Waals surface area contributed by atoms with Gasteiger partial charge in [0.1, 0.15) is 17.2 Å². The number of hydrogen-bond acceptors (Lipinski definition) is 4. The van der Waals surface area contributed by atoms with Gasteiger partial charge < -0.3 is 9.88 Å². The lowest BCUT2D eigenvalue weighted by Crippen LogP contribution is -2.25. The molecule has 0 spiro atoms. The lowest BCUT2D eigenvalue weighted by molar-refractivity contribution is 0.0947. The number of fused-ring (bicyclic) bond motifs is 1. The molecule has 0 unspecified atom stereocenters. The van der Waals surface area contributed by atoms with Crippen LogP contribution < -0.4 is 5.32 Å². The molecule has 0 saturated heterocycles. The van der Waals surface area contributed by atoms with Gasteiger partial charge >= 0.3 is 0 Å². The maximum absolute atomic E-state index is 14.3. The van der Waals surface area contributed by atoms with E-state index in [0.29, 0.717) is 23.2 Å². The van der Waals surface area contributed by atoms with Gasteiger partial charge in [0.25, 0.3) is 5.91 Å². The van der Waals surface area contributed by atoms with E-state index in [1.54, 1.807) is 17.1 Å². The fraction of sp³-hybridized carbons (Fsp3) is 0.385. The predicted octanol–water partition coefficient (Wildman–Crippen LogP) is 4.89. The van der Waals surface area contributed by atoms with Gasteiger partial charge in [-0.05, 0) is 61.1 Å². The number of halogens is 1. The molecular formula is C26H27FN6O. The fourth-order valence-corrected chi connectivity index (χ4v) is 5.16. The van der Waals surface area contributed by atoms with Crippen LogP contribution in [0.25, 0.3) is 22.2 Å². The third-order valence-corrected chi connectivity index (χ3v) is 6.92. The topological polar surface area (TPSA) is 77.6 Å². The predicted molar refractivity (Wildman–Crippen MR) is 127 cm³/mol. The SMILES string of the molecule is Cn1cc(-c2cc(F)cc(CNC(=O)c3nccc4nc(C5CCCC5)n(C5CC5)c34)c2)cn1. The highest BCUT2D eigenvalue weighted by Crippen LogP contribution is 2.43. The van der Waals surface area contributed by atoms with Crippen molar-refractivity contribution in [2.75, 3.05) is 0 Å². The van der Waals surface area contributed by atoms with Crippen LogP contribution in [0.1, 0.15) is 72.4 Å². The summed E-state index contributed by atoms with van der Waals surface area (Å²) < 4.78 is 18.3. The normalized spacial score (nSPS) is 16.4. The van der Waals surface area contributed by atoms with Crippen LogP contribution in [0, 0.1) is 5.82 Å². The number of aryl methyl sites for hydroxylation is 1. The van der Waals surface area contributed by atoms with E-state index in [1.807, 2.05) is 25.4 Å². The zero-order chi connectivity index (χ0) is 23.2. The van der Waals surface area contributed by atoms with Crippen LogP contribution in [0.5, 0.6) is 0 Å². The molecule has 0 aliphatic heterocycles. The first-order valence-corrected chi connectivity index (χ1v) is 12.0. The molecule has 6 rings (SSSR count). The Kier molecular flexibility index (Phi) is 5.16. The number of amides is 1. The molecule has 1 amide bonds. The molecule has 3 aromatic heterocycles. The second-order valence-electron chi connectivity index (χ2n) is 9.51. The quantitative estimate of drug-likeness (QED) is 0.446. The van der Waals surface area contributed by atoms with Crippen molar-refractivity contribution in [2.45, 2.75) is 57.0 Å². The zero-order valence-corrected chi connectivity index (χ0v) is 19.2. The van der Waals surface area contributed by atoms with E-state index < -0.39 is 0 Å². The van der Waals surface area contributed by atoms with E-state index in [0.717, 1.165) is 53.7 Å². The van der Waals surface area contributed by atoms with Crippen LogP contribution >= 0.6 is 0 Å². The Balaban J connectivity index is 1.29. The van der Waals surface area contributed by atoms with E-state index in [1.165, 1.54) is 25.0 Å². The molecule has 2 aliphatic rings. The van der Waals surface area contributed by atoms with Crippen LogP contribution in [0.3, 0.4) is 0 Å². The van der Waals surface area contributed by atoms with E-state index in [9.17, 15) is 9.18 Å². The average Bonchev–Trinajstić information content (AvgIpc) is 3.22. The molecule has 2 fully saturated rings. The number of benzene rings is 1. The van der Waals surface area contributed by atoms with Gasteiger partial charge in [-0.1, -0.05) is 12.8 Å². The summed E-state index contributed by atoms with van der Waals surface area (Å²) in [5.74, 6) is 0.960. The number of nitrogens with zero attached hydrogens (tertiary/aromatic N) is 5. The van der Waals surface area contributed by atoms with E-state index >= 15 is 0 Å². The van der Waals surface area contributed by atoms with Gasteiger partial charge in [-0.2, -0.15) is 5.10 Å². The number of carbonyl (C=O) groups is 1. The summed E-state index contributed by atoms with van der Waals surface area (Å²) in [6.07, 6.45) is 12.2. The van der Waals surface area contributed by atoms with Crippen molar-refractivity contribution < 1.29 is 9.18 Å². The minimum Gasteiger partial charge on any atom is -0.347 e. The summed E-state index contributed by atoms with van der Waals surface area (Å²) in [5, 5.41) is 7.11. The van der Waals surface area contributed by atoms with Crippen LogP contribution in [-0.2, 0) is 13.6 Å². The summed E-state index contributed by atoms with van der Waals surface area (Å²) in [6, 6.07) is 7.10. The van der Waals surface area contributed by atoms with E-state index in [-0.39, 0.29) is 18.3 Å². The number of imidazole rings is 1. The summed E-state index contributed by atoms with van der Waals surface area (Å²) in [4.78, 5) is 22.7. The highest BCUT2D eigenvalue weighted by Gasteiger charge is 2.34. The van der Waals surface area contributed by atoms with Gasteiger partial charge in [0.15, 0.2) is 5.69 Å². The number of rotatable bonds is 6. The van der Waals surface area contributed by atoms with E-state index in [4.69, 9.17) is 4.98 Å². The maximum Gasteiger partial charge on any atom is 0.272 e. The number of nitrogens with one attached hydrogen (secondary N) is 1. The van der Waals surface area contributed by atoms with Gasteiger partial charge in [0.05, 0.1) is 11.7 Å². The van der Waals surface area contributed by atoms with Crippen molar-refractivity contribution >= 4 is 16.9 Å². The second kappa shape index (κ2) is 8.34. The molecule has 0 atom stereocenters. The molecule has 34 heavy (non-hydrogen) atoms. The Morgan fingerprint density at radius 1 is 1.15 bits per heavy atom. The minimum atomic E-state index is -0.348. The van der Waals surface area contributed by atoms with Crippen molar-refractivity contribution in [2.24, 2.45) is 7.05 Å². The van der Waals surface area contributed by atoms with Crippen molar-refractivity contribution in [3.05, 3.63) is 65.8 Å². The number of hydrogen-bond donors (Lipinski definition) is 1. The first kappa shape index (κ1) is 21.0. The molecule has 0 bridgehead atoms. The molecule has 0 radical (unpaired) electrons. The Morgan fingerprint density at radius 3 is 2.71 bits per heavy atom. The van der Waals surface area contributed by atoms with Crippen LogP contribution in [0.15, 0.2) is 42.9 Å². The molecule has 3 heterocycles. The molecule has 8 heteroatoms. The third kappa shape index (κ3) is 3.87. The smallest absolute Gasteiger partial charge is 0.272 e. The molecule has 2 aliphatic carbocycles. The lowest BCUT2D eigenvalue weighted by Gasteiger charge is -2.14. The van der Waals surface area contributed by atoms with Crippen molar-refractivity contribution in [1.29, 1.82) is 0 Å². The number of pyridine rings is 1. The average molecular weight is 459 g/mol. The molecule has 4 aromatic rings. The van der Waals surface area contributed by atoms with Crippen molar-refractivity contribution in [3.8, 4) is 11.1 Å². The van der Waals surface area contributed by atoms with Gasteiger partial charge in [-0.25, -0.2) is 14.4 Å². The fourth-order valence-electron chi connectivity index (χ4n) is 5.16. The van der Waals surface area contributed by atoms with Gasteiger partial charge in [0.2, 0.25) is 0 Å². The third-order valence-electron chi connectivity index (χ3n) is 6.92. The van der Waals surface area contributed by atoms with E-state index in [2.05, 4.69) is 20.0 Å². The van der Waals surface area contributed by atoms with Crippen LogP contribution in [0.4, 0.5) is 4.39 Å². The van der Waals surface area contributed by atoms with Gasteiger partial charge in [-0.3, -0.25) is 9.48 Å². The van der Waals surface area contributed by atoms with Gasteiger partial charge in [-0.15, -0.1) is 0 Å². The summed E-state index contributed by atoms with van der Waals surface area (Å²) in [7, 11) is 1.82. The summed E-state index contributed by atoms with van der Waals surface area (Å²) >= 11 is 0. The Bertz CT molecular complexity index is 1380. The van der Waals surface area contributed by atoms with Crippen LogP contribution in [-0.4, -0.2) is 30.2 Å². The molecule has 7 nitrogen and oxygen atoms in total. The van der Waals surface area contributed by atoms with Crippen molar-refractivity contribution in [3.63, 3.8) is 0 Å². The Hall–Kier alpha value is -3.55. The number of carbonyl (C=O) groups excluding carboxylic acids is 1. The second-order valence-corrected chi connectivity index (χ2v) is 9.51. The monoisotopic (exact) mass is 458 g/mol.